The van der Waals surface area contributed by atoms with E-state index in [2.05, 4.69) is 0 Å². The number of para-hydroxylation sites is 1. The fraction of sp³-hybridized carbons (Fsp3) is 0.136. The van der Waals surface area contributed by atoms with Crippen molar-refractivity contribution in [3.05, 3.63) is 81.5 Å². The van der Waals surface area contributed by atoms with E-state index in [4.69, 9.17) is 25.5 Å². The number of anilines is 1. The molecule has 0 radical (unpaired) electrons. The minimum atomic E-state index is -0.833. The molecule has 3 aromatic rings. The molecule has 0 amide bonds. The Morgan fingerprint density at radius 3 is 2.65 bits per heavy atom. The number of ether oxygens (including phenoxy) is 2. The summed E-state index contributed by atoms with van der Waals surface area (Å²) in [6, 6.07) is 12.0. The first-order valence-electron chi connectivity index (χ1n) is 9.19. The van der Waals surface area contributed by atoms with Gasteiger partial charge in [-0.3, -0.25) is 0 Å². The van der Waals surface area contributed by atoms with Crippen molar-refractivity contribution in [2.24, 2.45) is 0 Å². The average Bonchev–Trinajstić information content (AvgIpc) is 3.10. The second kappa shape index (κ2) is 8.16. The molecule has 2 heterocycles. The van der Waals surface area contributed by atoms with Gasteiger partial charge in [-0.25, -0.2) is 19.0 Å². The van der Waals surface area contributed by atoms with Crippen molar-refractivity contribution in [3.63, 3.8) is 0 Å². The van der Waals surface area contributed by atoms with Gasteiger partial charge in [-0.2, -0.15) is 0 Å². The summed E-state index contributed by atoms with van der Waals surface area (Å²) in [5, 5.41) is 0.413. The van der Waals surface area contributed by atoms with Crippen molar-refractivity contribution < 1.29 is 23.5 Å². The molecule has 31 heavy (non-hydrogen) atoms. The van der Waals surface area contributed by atoms with Crippen molar-refractivity contribution in [2.75, 3.05) is 19.1 Å². The summed E-state index contributed by atoms with van der Waals surface area (Å²) < 4.78 is 16.4. The third-order valence-electron chi connectivity index (χ3n) is 4.86. The Balaban J connectivity index is 1.99. The van der Waals surface area contributed by atoms with E-state index in [1.54, 1.807) is 30.3 Å². The number of fused-ring (bicyclic) bond motifs is 2. The fourth-order valence-corrected chi connectivity index (χ4v) is 3.66. The predicted octanol–water partition coefficient (Wildman–Crippen LogP) is 3.51. The van der Waals surface area contributed by atoms with Crippen LogP contribution in [0.1, 0.15) is 11.7 Å². The Labute approximate surface area is 181 Å². The highest BCUT2D eigenvalue weighted by Crippen LogP contribution is 2.38. The van der Waals surface area contributed by atoms with E-state index in [1.165, 1.54) is 29.8 Å². The first-order chi connectivity index (χ1) is 14.9. The first kappa shape index (κ1) is 20.5. The molecule has 1 aliphatic heterocycles. The van der Waals surface area contributed by atoms with E-state index in [1.807, 2.05) is 18.2 Å². The van der Waals surface area contributed by atoms with Crippen LogP contribution in [0.25, 0.3) is 17.2 Å². The van der Waals surface area contributed by atoms with Crippen molar-refractivity contribution in [1.29, 1.82) is 0 Å². The normalized spacial score (nSPS) is 15.6. The lowest BCUT2D eigenvalue weighted by molar-refractivity contribution is -0.138. The van der Waals surface area contributed by atoms with Crippen LogP contribution in [-0.2, 0) is 19.1 Å². The summed E-state index contributed by atoms with van der Waals surface area (Å²) >= 11 is 6.03. The topological polar surface area (TPSA) is 91.0 Å². The van der Waals surface area contributed by atoms with Gasteiger partial charge in [-0.1, -0.05) is 35.9 Å². The Hall–Kier alpha value is -3.78. The number of halogens is 1. The van der Waals surface area contributed by atoms with Crippen molar-refractivity contribution in [2.45, 2.75) is 6.17 Å². The zero-order chi connectivity index (χ0) is 22.1. The number of aromatic nitrogens is 1. The molecule has 1 aliphatic rings. The van der Waals surface area contributed by atoms with Gasteiger partial charge in [0.15, 0.2) is 5.58 Å². The molecule has 158 valence electrons. The number of benzene rings is 2. The molecular formula is C22H17ClN2O6. The maximum absolute atomic E-state index is 12.8. The predicted molar refractivity (Wildman–Crippen MR) is 115 cm³/mol. The fourth-order valence-electron chi connectivity index (χ4n) is 3.50. The van der Waals surface area contributed by atoms with Crippen molar-refractivity contribution >= 4 is 46.4 Å². The number of rotatable bonds is 4. The second-order valence-electron chi connectivity index (χ2n) is 6.60. The number of esters is 2. The van der Waals surface area contributed by atoms with Gasteiger partial charge >= 0.3 is 17.7 Å². The minimum Gasteiger partial charge on any atom is -0.466 e. The standard InChI is InChI=1S/C22H17ClN2O6/c1-29-20(26)12-17(21(27)30-2)24-15-6-4-3-5-13(15)7-10-19(24)25-16-9-8-14(23)11-18(16)31-22(25)28/h3-12,19H,1-2H3/b17-12-. The average molecular weight is 441 g/mol. The quantitative estimate of drug-likeness (QED) is 0.453. The lowest BCUT2D eigenvalue weighted by atomic mass is 10.0. The molecule has 0 N–H and O–H groups in total. The molecule has 2 aromatic carbocycles. The second-order valence-corrected chi connectivity index (χ2v) is 7.03. The molecule has 0 fully saturated rings. The highest BCUT2D eigenvalue weighted by atomic mass is 35.5. The molecule has 1 unspecified atom stereocenters. The lowest BCUT2D eigenvalue weighted by Gasteiger charge is -2.36. The summed E-state index contributed by atoms with van der Waals surface area (Å²) in [6.45, 7) is 0. The molecule has 8 nitrogen and oxygen atoms in total. The maximum Gasteiger partial charge on any atom is 0.421 e. The van der Waals surface area contributed by atoms with E-state index in [9.17, 15) is 14.4 Å². The van der Waals surface area contributed by atoms with Crippen molar-refractivity contribution in [1.82, 2.24) is 4.57 Å². The van der Waals surface area contributed by atoms with Gasteiger partial charge in [0.05, 0.1) is 31.5 Å². The summed E-state index contributed by atoms with van der Waals surface area (Å²) in [6.07, 6.45) is 3.74. The van der Waals surface area contributed by atoms with E-state index in [-0.39, 0.29) is 5.70 Å². The van der Waals surface area contributed by atoms with Gasteiger partial charge in [-0.15, -0.1) is 0 Å². The number of methoxy groups -OCH3 is 2. The van der Waals surface area contributed by atoms with Crippen LogP contribution in [-0.4, -0.2) is 30.7 Å². The molecule has 1 atom stereocenters. The summed E-state index contributed by atoms with van der Waals surface area (Å²) in [5.41, 5.74) is 2.02. The van der Waals surface area contributed by atoms with Crippen LogP contribution in [0.15, 0.2) is 69.5 Å². The van der Waals surface area contributed by atoms with Crippen LogP contribution in [0.4, 0.5) is 5.69 Å². The van der Waals surface area contributed by atoms with Gasteiger partial charge in [-0.05, 0) is 29.8 Å². The SMILES string of the molecule is COC(=O)/C=C(/C(=O)OC)N1c2ccccc2C=CC1n1c(=O)oc2cc(Cl)ccc21. The molecule has 0 bridgehead atoms. The number of hydrogen-bond acceptors (Lipinski definition) is 7. The molecule has 4 rings (SSSR count). The number of hydrogen-bond donors (Lipinski definition) is 0. The van der Waals surface area contributed by atoms with Crippen molar-refractivity contribution in [3.8, 4) is 0 Å². The van der Waals surface area contributed by atoms with Crippen LogP contribution < -0.4 is 10.7 Å². The largest absolute Gasteiger partial charge is 0.466 e. The third-order valence-corrected chi connectivity index (χ3v) is 5.09. The molecule has 0 spiro atoms. The molecule has 0 saturated carbocycles. The van der Waals surface area contributed by atoms with Crippen LogP contribution >= 0.6 is 11.6 Å². The van der Waals surface area contributed by atoms with Crippen LogP contribution in [0.2, 0.25) is 5.02 Å². The highest BCUT2D eigenvalue weighted by Gasteiger charge is 2.33. The zero-order valence-corrected chi connectivity index (χ0v) is 17.3. The molecule has 0 saturated heterocycles. The van der Waals surface area contributed by atoms with E-state index in [0.717, 1.165) is 11.6 Å². The maximum atomic E-state index is 12.8. The van der Waals surface area contributed by atoms with Gasteiger partial charge in [0.2, 0.25) is 0 Å². The van der Waals surface area contributed by atoms with Gasteiger partial charge in [0, 0.05) is 11.1 Å². The lowest BCUT2D eigenvalue weighted by Crippen LogP contribution is -2.39. The number of carbonyl (C=O) groups excluding carboxylic acids is 2. The number of oxazole rings is 1. The first-order valence-corrected chi connectivity index (χ1v) is 9.57. The summed E-state index contributed by atoms with van der Waals surface area (Å²) in [7, 11) is 2.41. The monoisotopic (exact) mass is 440 g/mol. The smallest absolute Gasteiger partial charge is 0.421 e. The number of carbonyl (C=O) groups is 2. The Morgan fingerprint density at radius 2 is 1.90 bits per heavy atom. The molecule has 1 aromatic heterocycles. The van der Waals surface area contributed by atoms with Crippen LogP contribution in [0.5, 0.6) is 0 Å². The third kappa shape index (κ3) is 3.62. The Kier molecular flexibility index (Phi) is 5.39. The number of nitrogens with zero attached hydrogens (tertiary/aromatic N) is 2. The van der Waals surface area contributed by atoms with Gasteiger partial charge in [0.25, 0.3) is 0 Å². The summed E-state index contributed by atoms with van der Waals surface area (Å²) in [4.78, 5) is 39.1. The van der Waals surface area contributed by atoms with Crippen LogP contribution in [0.3, 0.4) is 0 Å². The van der Waals surface area contributed by atoms with Crippen LogP contribution in [0, 0.1) is 0 Å². The van der Waals surface area contributed by atoms with Gasteiger partial charge < -0.3 is 18.8 Å². The molecule has 9 heteroatoms. The Morgan fingerprint density at radius 1 is 1.13 bits per heavy atom. The molecule has 0 aliphatic carbocycles. The molecular weight excluding hydrogens is 424 g/mol. The summed E-state index contributed by atoms with van der Waals surface area (Å²) in [5.74, 6) is -2.18. The van der Waals surface area contributed by atoms with E-state index >= 15 is 0 Å². The Bertz CT molecular complexity index is 1300. The van der Waals surface area contributed by atoms with Gasteiger partial charge in [0.1, 0.15) is 11.9 Å². The van der Waals surface area contributed by atoms with E-state index < -0.39 is 23.9 Å². The highest BCUT2D eigenvalue weighted by molar-refractivity contribution is 6.31. The zero-order valence-electron chi connectivity index (χ0n) is 16.6. The minimum absolute atomic E-state index is 0.105. The van der Waals surface area contributed by atoms with E-state index in [0.29, 0.717) is 21.8 Å².